The molecule has 1 aromatic heterocycles. The van der Waals surface area contributed by atoms with Crippen LogP contribution in [0.15, 0.2) is 5.38 Å². The fraction of sp³-hybridized carbons (Fsp3) is 0.667. The van der Waals surface area contributed by atoms with E-state index in [2.05, 4.69) is 12.2 Å². The lowest BCUT2D eigenvalue weighted by Gasteiger charge is -2.20. The first-order valence-electron chi connectivity index (χ1n) is 7.29. The Hall–Kier alpha value is -0.580. The molecule has 0 spiro atoms. The molecule has 5 heteroatoms. The molecule has 2 aliphatic rings. The smallest absolute Gasteiger partial charge is 0.252 e. The van der Waals surface area contributed by atoms with Crippen molar-refractivity contribution in [3.63, 3.8) is 0 Å². The first-order valence-corrected chi connectivity index (χ1v) is 8.17. The summed E-state index contributed by atoms with van der Waals surface area (Å²) in [6.45, 7) is 2.85. The van der Waals surface area contributed by atoms with Crippen LogP contribution in [0.3, 0.4) is 0 Å². The summed E-state index contributed by atoms with van der Waals surface area (Å²) < 4.78 is 0. The van der Waals surface area contributed by atoms with E-state index in [0.717, 1.165) is 24.3 Å². The summed E-state index contributed by atoms with van der Waals surface area (Å²) in [6, 6.07) is 0.172. The van der Waals surface area contributed by atoms with Crippen LogP contribution in [-0.2, 0) is 12.8 Å². The van der Waals surface area contributed by atoms with Crippen molar-refractivity contribution in [2.24, 2.45) is 17.6 Å². The molecule has 1 heterocycles. The van der Waals surface area contributed by atoms with Crippen LogP contribution in [-0.4, -0.2) is 18.5 Å². The topological polar surface area (TPSA) is 55.1 Å². The summed E-state index contributed by atoms with van der Waals surface area (Å²) in [7, 11) is 0. The van der Waals surface area contributed by atoms with Gasteiger partial charge in [0.25, 0.3) is 5.91 Å². The first-order chi connectivity index (χ1) is 9.19. The minimum Gasteiger partial charge on any atom is -0.348 e. The van der Waals surface area contributed by atoms with E-state index in [9.17, 15) is 4.79 Å². The monoisotopic (exact) mass is 314 g/mol. The zero-order chi connectivity index (χ0) is 13.4. The van der Waals surface area contributed by atoms with Gasteiger partial charge in [0.2, 0.25) is 0 Å². The number of carbonyl (C=O) groups excluding carboxylic acids is 1. The predicted octanol–water partition coefficient (Wildman–Crippen LogP) is 2.76. The number of fused-ring (bicyclic) bond motifs is 1. The number of amides is 1. The second-order valence-electron chi connectivity index (χ2n) is 6.05. The van der Waals surface area contributed by atoms with Gasteiger partial charge in [-0.05, 0) is 49.5 Å². The zero-order valence-electron chi connectivity index (χ0n) is 11.9. The van der Waals surface area contributed by atoms with Crippen molar-refractivity contribution in [1.29, 1.82) is 0 Å². The lowest BCUT2D eigenvalue weighted by molar-refractivity contribution is 0.0932. The molecule has 0 aromatic carbocycles. The van der Waals surface area contributed by atoms with Crippen LogP contribution in [0.1, 0.15) is 47.0 Å². The third-order valence-corrected chi connectivity index (χ3v) is 5.46. The van der Waals surface area contributed by atoms with E-state index in [-0.39, 0.29) is 24.4 Å². The van der Waals surface area contributed by atoms with E-state index >= 15 is 0 Å². The number of thiophene rings is 1. The Morgan fingerprint density at radius 3 is 2.90 bits per heavy atom. The van der Waals surface area contributed by atoms with Crippen LogP contribution in [0.25, 0.3) is 0 Å². The Bertz CT molecular complexity index is 484. The summed E-state index contributed by atoms with van der Waals surface area (Å²) in [6.07, 6.45) is 5.81. The molecule has 1 amide bonds. The van der Waals surface area contributed by atoms with Crippen LogP contribution in [0, 0.1) is 11.8 Å². The number of carbonyl (C=O) groups is 1. The standard InChI is InChI=1S/C15H22N2OS.ClH/c1-9-2-5-11-12(8-19-14(11)6-9)15(18)17-13(7-16)10-3-4-10;/h8-10,13H,2-7,16H2,1H3,(H,17,18);1H. The van der Waals surface area contributed by atoms with Crippen LogP contribution in [0.5, 0.6) is 0 Å². The second kappa shape index (κ2) is 6.46. The third kappa shape index (κ3) is 3.18. The summed E-state index contributed by atoms with van der Waals surface area (Å²) in [5.41, 5.74) is 7.97. The molecule has 3 rings (SSSR count). The van der Waals surface area contributed by atoms with E-state index in [1.165, 1.54) is 29.7 Å². The van der Waals surface area contributed by atoms with Gasteiger partial charge < -0.3 is 11.1 Å². The zero-order valence-corrected chi connectivity index (χ0v) is 13.5. The van der Waals surface area contributed by atoms with E-state index in [1.807, 2.05) is 5.38 Å². The number of nitrogens with two attached hydrogens (primary N) is 1. The molecule has 20 heavy (non-hydrogen) atoms. The maximum absolute atomic E-state index is 12.4. The summed E-state index contributed by atoms with van der Waals surface area (Å²) in [5.74, 6) is 1.46. The minimum absolute atomic E-state index is 0. The summed E-state index contributed by atoms with van der Waals surface area (Å²) >= 11 is 1.75. The quantitative estimate of drug-likeness (QED) is 0.898. The highest BCUT2D eigenvalue weighted by Crippen LogP contribution is 2.34. The average molecular weight is 315 g/mol. The van der Waals surface area contributed by atoms with Gasteiger partial charge >= 0.3 is 0 Å². The van der Waals surface area contributed by atoms with Gasteiger partial charge in [0.05, 0.1) is 5.56 Å². The fourth-order valence-corrected chi connectivity index (χ4v) is 4.23. The molecular weight excluding hydrogens is 292 g/mol. The van der Waals surface area contributed by atoms with Crippen molar-refractivity contribution in [2.45, 2.75) is 45.1 Å². The van der Waals surface area contributed by atoms with Gasteiger partial charge in [-0.3, -0.25) is 4.79 Å². The normalized spacial score (nSPS) is 22.6. The molecule has 1 aromatic rings. The van der Waals surface area contributed by atoms with Gasteiger partial charge in [-0.2, -0.15) is 0 Å². The minimum atomic E-state index is 0. The van der Waals surface area contributed by atoms with Crippen LogP contribution >= 0.6 is 23.7 Å². The Labute approximate surface area is 130 Å². The molecule has 2 atom stereocenters. The highest BCUT2D eigenvalue weighted by molar-refractivity contribution is 7.10. The highest BCUT2D eigenvalue weighted by Gasteiger charge is 2.32. The highest BCUT2D eigenvalue weighted by atomic mass is 35.5. The van der Waals surface area contributed by atoms with E-state index in [1.54, 1.807) is 11.3 Å². The SMILES string of the molecule is CC1CCc2c(C(=O)NC(CN)C3CC3)csc2C1.Cl. The molecule has 1 fully saturated rings. The number of halogens is 1. The molecule has 1 saturated carbocycles. The van der Waals surface area contributed by atoms with Gasteiger partial charge in [-0.1, -0.05) is 6.92 Å². The number of rotatable bonds is 4. The maximum Gasteiger partial charge on any atom is 0.252 e. The van der Waals surface area contributed by atoms with Gasteiger partial charge in [0.15, 0.2) is 0 Å². The molecule has 3 nitrogen and oxygen atoms in total. The average Bonchev–Trinajstić information content (AvgIpc) is 3.15. The lowest BCUT2D eigenvalue weighted by Crippen LogP contribution is -2.42. The van der Waals surface area contributed by atoms with Crippen molar-refractivity contribution >= 4 is 29.7 Å². The fourth-order valence-electron chi connectivity index (χ4n) is 2.98. The van der Waals surface area contributed by atoms with E-state index in [4.69, 9.17) is 5.73 Å². The van der Waals surface area contributed by atoms with Crippen LogP contribution in [0.2, 0.25) is 0 Å². The Balaban J connectivity index is 0.00000147. The Kier molecular flexibility index (Phi) is 5.10. The molecule has 112 valence electrons. The van der Waals surface area contributed by atoms with Crippen molar-refractivity contribution in [3.05, 3.63) is 21.4 Å². The number of hydrogen-bond acceptors (Lipinski definition) is 3. The van der Waals surface area contributed by atoms with Crippen LogP contribution < -0.4 is 11.1 Å². The molecule has 3 N–H and O–H groups in total. The van der Waals surface area contributed by atoms with Gasteiger partial charge in [0, 0.05) is 22.8 Å². The molecule has 2 aliphatic carbocycles. The molecule has 0 saturated heterocycles. The van der Waals surface area contributed by atoms with Gasteiger partial charge in [-0.25, -0.2) is 0 Å². The van der Waals surface area contributed by atoms with E-state index in [0.29, 0.717) is 12.5 Å². The Morgan fingerprint density at radius 1 is 1.50 bits per heavy atom. The second-order valence-corrected chi connectivity index (χ2v) is 7.02. The van der Waals surface area contributed by atoms with Gasteiger partial charge in [0.1, 0.15) is 0 Å². The van der Waals surface area contributed by atoms with Crippen molar-refractivity contribution in [3.8, 4) is 0 Å². The first kappa shape index (κ1) is 15.8. The van der Waals surface area contributed by atoms with Crippen molar-refractivity contribution in [2.75, 3.05) is 6.54 Å². The van der Waals surface area contributed by atoms with E-state index < -0.39 is 0 Å². The Morgan fingerprint density at radius 2 is 2.25 bits per heavy atom. The molecular formula is C15H23ClN2OS. The number of hydrogen-bond donors (Lipinski definition) is 2. The lowest BCUT2D eigenvalue weighted by atomic mass is 9.88. The van der Waals surface area contributed by atoms with Crippen LogP contribution in [0.4, 0.5) is 0 Å². The summed E-state index contributed by atoms with van der Waals surface area (Å²) in [4.78, 5) is 13.8. The predicted molar refractivity (Wildman–Crippen MR) is 85.8 cm³/mol. The third-order valence-electron chi connectivity index (χ3n) is 4.41. The molecule has 2 unspecified atom stereocenters. The van der Waals surface area contributed by atoms with Crippen molar-refractivity contribution < 1.29 is 4.79 Å². The molecule has 0 aliphatic heterocycles. The largest absolute Gasteiger partial charge is 0.348 e. The maximum atomic E-state index is 12.4. The molecule has 0 bridgehead atoms. The number of nitrogens with one attached hydrogen (secondary N) is 1. The van der Waals surface area contributed by atoms with Crippen molar-refractivity contribution in [1.82, 2.24) is 5.32 Å². The van der Waals surface area contributed by atoms with Gasteiger partial charge in [-0.15, -0.1) is 23.7 Å². The summed E-state index contributed by atoms with van der Waals surface area (Å²) in [5, 5.41) is 5.18. The molecule has 0 radical (unpaired) electrons.